The molecule has 0 amide bonds. The third-order valence-electron chi connectivity index (χ3n) is 4.78. The average Bonchev–Trinajstić information content (AvgIpc) is 3.28. The van der Waals surface area contributed by atoms with Gasteiger partial charge in [-0.25, -0.2) is 12.8 Å². The van der Waals surface area contributed by atoms with Crippen molar-refractivity contribution in [3.8, 4) is 11.5 Å². The number of sulfonamides is 1. The predicted molar refractivity (Wildman–Crippen MR) is 113 cm³/mol. The van der Waals surface area contributed by atoms with Gasteiger partial charge in [0, 0.05) is 13.1 Å². The quantitative estimate of drug-likeness (QED) is 0.648. The Labute approximate surface area is 176 Å². The van der Waals surface area contributed by atoms with Crippen molar-refractivity contribution in [1.82, 2.24) is 4.31 Å². The van der Waals surface area contributed by atoms with Crippen LogP contribution in [0, 0.1) is 5.82 Å². The number of hydrogen-bond acceptors (Lipinski definition) is 4. The second kappa shape index (κ2) is 9.73. The highest BCUT2D eigenvalue weighted by Crippen LogP contribution is 2.21. The smallest absolute Gasteiger partial charge is 0.243 e. The molecule has 1 fully saturated rings. The topological polar surface area (TPSA) is 77.8 Å². The maximum atomic E-state index is 12.9. The largest absolute Gasteiger partial charge is 0.508 e. The molecular weight excluding hydrogens is 405 g/mol. The first-order valence-corrected chi connectivity index (χ1v) is 11.1. The Morgan fingerprint density at radius 2 is 1.30 bits per heavy atom. The van der Waals surface area contributed by atoms with Crippen LogP contribution in [0.1, 0.15) is 24.0 Å². The van der Waals surface area contributed by atoms with Crippen molar-refractivity contribution in [1.29, 1.82) is 0 Å². The lowest BCUT2D eigenvalue weighted by Gasteiger charge is -2.15. The summed E-state index contributed by atoms with van der Waals surface area (Å²) in [5, 5.41) is 18.3. The molecule has 0 radical (unpaired) electrons. The summed E-state index contributed by atoms with van der Waals surface area (Å²) in [7, 11) is -3.47. The van der Waals surface area contributed by atoms with Crippen LogP contribution >= 0.6 is 0 Å². The number of benzene rings is 3. The molecule has 1 aliphatic heterocycles. The van der Waals surface area contributed by atoms with Gasteiger partial charge in [0.1, 0.15) is 17.3 Å². The Morgan fingerprint density at radius 3 is 1.77 bits per heavy atom. The molecule has 4 rings (SSSR count). The lowest BCUT2D eigenvalue weighted by Crippen LogP contribution is -2.27. The van der Waals surface area contributed by atoms with Gasteiger partial charge in [0.25, 0.3) is 0 Å². The summed E-state index contributed by atoms with van der Waals surface area (Å²) in [6.07, 6.45) is 2.57. The first kappa shape index (κ1) is 21.8. The number of phenols is 2. The molecule has 1 aliphatic rings. The van der Waals surface area contributed by atoms with Crippen LogP contribution in [0.4, 0.5) is 4.39 Å². The lowest BCUT2D eigenvalue weighted by molar-refractivity contribution is 0.475. The summed E-state index contributed by atoms with van der Waals surface area (Å²) in [5.74, 6) is 0.0455. The minimum Gasteiger partial charge on any atom is -0.508 e. The number of phenolic OH excluding ortho intramolecular Hbond substituents is 2. The zero-order chi connectivity index (χ0) is 21.6. The summed E-state index contributed by atoms with van der Waals surface area (Å²) >= 11 is 0. The van der Waals surface area contributed by atoms with Gasteiger partial charge in [-0.1, -0.05) is 30.3 Å². The second-order valence-electron chi connectivity index (χ2n) is 7.08. The SMILES string of the molecule is O=S(=O)(c1cccc(F)c1)N1CCCC1.Oc1ccc(Cc2ccc(O)cc2)cc1. The van der Waals surface area contributed by atoms with Crippen LogP contribution in [-0.4, -0.2) is 36.0 Å². The van der Waals surface area contributed by atoms with Crippen molar-refractivity contribution < 1.29 is 23.0 Å². The Bertz CT molecular complexity index is 1020. The maximum Gasteiger partial charge on any atom is 0.243 e. The molecule has 0 unspecified atom stereocenters. The van der Waals surface area contributed by atoms with Gasteiger partial charge >= 0.3 is 0 Å². The fraction of sp³-hybridized carbons (Fsp3) is 0.217. The Hall–Kier alpha value is -2.90. The van der Waals surface area contributed by atoms with Gasteiger partial charge in [-0.15, -0.1) is 0 Å². The van der Waals surface area contributed by atoms with Gasteiger partial charge in [-0.05, 0) is 72.9 Å². The van der Waals surface area contributed by atoms with Gasteiger partial charge in [-0.3, -0.25) is 0 Å². The van der Waals surface area contributed by atoms with Crippen LogP contribution < -0.4 is 0 Å². The van der Waals surface area contributed by atoms with E-state index in [1.807, 2.05) is 24.3 Å². The zero-order valence-corrected chi connectivity index (χ0v) is 17.2. The van der Waals surface area contributed by atoms with E-state index in [1.54, 1.807) is 24.3 Å². The number of aromatic hydroxyl groups is 2. The van der Waals surface area contributed by atoms with E-state index in [2.05, 4.69) is 0 Å². The molecule has 7 heteroatoms. The van der Waals surface area contributed by atoms with E-state index in [0.717, 1.165) is 36.5 Å². The minimum atomic E-state index is -3.47. The summed E-state index contributed by atoms with van der Waals surface area (Å²) < 4.78 is 38.2. The van der Waals surface area contributed by atoms with Crippen LogP contribution in [0.15, 0.2) is 77.7 Å². The maximum absolute atomic E-state index is 12.9. The molecule has 0 aromatic heterocycles. The second-order valence-corrected chi connectivity index (χ2v) is 9.02. The van der Waals surface area contributed by atoms with Crippen LogP contribution in [0.5, 0.6) is 11.5 Å². The van der Waals surface area contributed by atoms with Crippen LogP contribution in [0.25, 0.3) is 0 Å². The predicted octanol–water partition coefficient (Wildman–Crippen LogP) is 4.30. The molecule has 30 heavy (non-hydrogen) atoms. The van der Waals surface area contributed by atoms with E-state index >= 15 is 0 Å². The van der Waals surface area contributed by atoms with Gasteiger partial charge < -0.3 is 10.2 Å². The highest BCUT2D eigenvalue weighted by Gasteiger charge is 2.27. The van der Waals surface area contributed by atoms with Gasteiger partial charge in [0.2, 0.25) is 10.0 Å². The summed E-state index contributed by atoms with van der Waals surface area (Å²) in [6.45, 7) is 1.08. The molecule has 0 atom stereocenters. The molecule has 5 nitrogen and oxygen atoms in total. The van der Waals surface area contributed by atoms with Crippen molar-refractivity contribution in [2.75, 3.05) is 13.1 Å². The van der Waals surface area contributed by atoms with Crippen LogP contribution in [-0.2, 0) is 16.4 Å². The number of hydrogen-bond donors (Lipinski definition) is 2. The molecular formula is C23H24FNO4S. The fourth-order valence-corrected chi connectivity index (χ4v) is 4.72. The molecule has 0 spiro atoms. The summed E-state index contributed by atoms with van der Waals surface area (Å²) in [4.78, 5) is 0.0457. The van der Waals surface area contributed by atoms with E-state index in [0.29, 0.717) is 13.1 Å². The monoisotopic (exact) mass is 429 g/mol. The van der Waals surface area contributed by atoms with E-state index in [9.17, 15) is 12.8 Å². The van der Waals surface area contributed by atoms with Crippen LogP contribution in [0.2, 0.25) is 0 Å². The molecule has 3 aromatic carbocycles. The van der Waals surface area contributed by atoms with E-state index < -0.39 is 15.8 Å². The number of halogens is 1. The average molecular weight is 430 g/mol. The van der Waals surface area contributed by atoms with E-state index in [4.69, 9.17) is 10.2 Å². The van der Waals surface area contributed by atoms with Crippen molar-refractivity contribution >= 4 is 10.0 Å². The summed E-state index contributed by atoms with van der Waals surface area (Å²) in [5.41, 5.74) is 2.27. The van der Waals surface area contributed by atoms with E-state index in [-0.39, 0.29) is 16.4 Å². The number of nitrogens with zero attached hydrogens (tertiary/aromatic N) is 1. The summed E-state index contributed by atoms with van der Waals surface area (Å²) in [6, 6.07) is 19.4. The van der Waals surface area contributed by atoms with Crippen LogP contribution in [0.3, 0.4) is 0 Å². The zero-order valence-electron chi connectivity index (χ0n) is 16.4. The highest BCUT2D eigenvalue weighted by atomic mass is 32.2. The van der Waals surface area contributed by atoms with Gasteiger partial charge in [0.05, 0.1) is 4.90 Å². The Balaban J connectivity index is 0.000000171. The first-order chi connectivity index (χ1) is 14.3. The number of rotatable bonds is 4. The third-order valence-corrected chi connectivity index (χ3v) is 6.67. The normalized spacial score (nSPS) is 14.2. The highest BCUT2D eigenvalue weighted by molar-refractivity contribution is 7.89. The first-order valence-electron chi connectivity index (χ1n) is 9.66. The van der Waals surface area contributed by atoms with E-state index in [1.165, 1.54) is 22.5 Å². The fourth-order valence-electron chi connectivity index (χ4n) is 3.17. The lowest BCUT2D eigenvalue weighted by atomic mass is 10.1. The third kappa shape index (κ3) is 5.81. The minimum absolute atomic E-state index is 0.0457. The Kier molecular flexibility index (Phi) is 7.07. The molecule has 3 aromatic rings. The van der Waals surface area contributed by atoms with Crippen molar-refractivity contribution in [2.24, 2.45) is 0 Å². The van der Waals surface area contributed by atoms with Crippen molar-refractivity contribution in [3.63, 3.8) is 0 Å². The standard InChI is InChI=1S/C13H12O2.C10H12FNO2S/c14-12-5-1-10(2-6-12)9-11-3-7-13(15)8-4-11;11-9-4-3-5-10(8-9)15(13,14)12-6-1-2-7-12/h1-8,14-15H,9H2;3-5,8H,1-2,6-7H2. The van der Waals surface area contributed by atoms with Crippen molar-refractivity contribution in [2.45, 2.75) is 24.2 Å². The Morgan fingerprint density at radius 1 is 0.800 bits per heavy atom. The van der Waals surface area contributed by atoms with Gasteiger partial charge in [0.15, 0.2) is 0 Å². The molecule has 158 valence electrons. The molecule has 0 aliphatic carbocycles. The molecule has 1 saturated heterocycles. The van der Waals surface area contributed by atoms with Crippen molar-refractivity contribution in [3.05, 3.63) is 89.7 Å². The molecule has 1 heterocycles. The molecule has 2 N–H and O–H groups in total. The molecule has 0 saturated carbocycles. The van der Waals surface area contributed by atoms with Gasteiger partial charge in [-0.2, -0.15) is 4.31 Å². The molecule has 0 bridgehead atoms.